The first-order chi connectivity index (χ1) is 22.2. The van der Waals surface area contributed by atoms with Crippen LogP contribution >= 0.6 is 0 Å². The Labute approximate surface area is 262 Å². The molecule has 1 spiro atoms. The monoisotopic (exact) mass is 571 g/mol. The SMILES string of the molecule is Cc1ccc2c(c1)C1(c3ccccc3-c3ccccc31)c1cc(-c3cc4ccn(-c5ccccc5)c4c4ccccc34)ccc1-2. The van der Waals surface area contributed by atoms with Gasteiger partial charge < -0.3 is 4.57 Å². The highest BCUT2D eigenvalue weighted by molar-refractivity contribution is 6.13. The molecule has 0 N–H and O–H groups in total. The predicted molar refractivity (Wildman–Crippen MR) is 187 cm³/mol. The van der Waals surface area contributed by atoms with Gasteiger partial charge in [-0.3, -0.25) is 0 Å². The van der Waals surface area contributed by atoms with Gasteiger partial charge in [-0.05, 0) is 98.3 Å². The molecule has 0 bridgehead atoms. The zero-order valence-corrected chi connectivity index (χ0v) is 25.0. The molecular weight excluding hydrogens is 542 g/mol. The third-order valence-corrected chi connectivity index (χ3v) is 10.3. The second-order valence-electron chi connectivity index (χ2n) is 12.6. The molecule has 1 heterocycles. The van der Waals surface area contributed by atoms with Crippen molar-refractivity contribution < 1.29 is 0 Å². The van der Waals surface area contributed by atoms with Gasteiger partial charge in [0.15, 0.2) is 0 Å². The van der Waals surface area contributed by atoms with Crippen LogP contribution in [0.4, 0.5) is 0 Å². The van der Waals surface area contributed by atoms with Crippen LogP contribution in [0.15, 0.2) is 158 Å². The minimum Gasteiger partial charge on any atom is -0.316 e. The Morgan fingerprint density at radius 1 is 0.444 bits per heavy atom. The van der Waals surface area contributed by atoms with Gasteiger partial charge in [0.25, 0.3) is 0 Å². The Kier molecular flexibility index (Phi) is 4.91. The minimum atomic E-state index is -0.351. The molecule has 45 heavy (non-hydrogen) atoms. The molecule has 2 aliphatic rings. The number of rotatable bonds is 2. The molecule has 0 atom stereocenters. The van der Waals surface area contributed by atoms with E-state index in [2.05, 4.69) is 169 Å². The van der Waals surface area contributed by atoms with E-state index in [0.29, 0.717) is 0 Å². The summed E-state index contributed by atoms with van der Waals surface area (Å²) in [7, 11) is 0. The van der Waals surface area contributed by atoms with Gasteiger partial charge in [0.2, 0.25) is 0 Å². The molecule has 10 rings (SSSR count). The largest absolute Gasteiger partial charge is 0.316 e. The summed E-state index contributed by atoms with van der Waals surface area (Å²) in [4.78, 5) is 0. The first-order valence-corrected chi connectivity index (χ1v) is 15.8. The Morgan fingerprint density at radius 3 is 1.80 bits per heavy atom. The number of hydrogen-bond acceptors (Lipinski definition) is 0. The van der Waals surface area contributed by atoms with Crippen molar-refractivity contribution in [2.45, 2.75) is 12.3 Å². The lowest BCUT2D eigenvalue weighted by atomic mass is 9.70. The lowest BCUT2D eigenvalue weighted by molar-refractivity contribution is 0.793. The van der Waals surface area contributed by atoms with Crippen LogP contribution in [0.3, 0.4) is 0 Å². The van der Waals surface area contributed by atoms with Crippen LogP contribution in [0, 0.1) is 6.92 Å². The van der Waals surface area contributed by atoms with E-state index in [1.165, 1.54) is 88.6 Å². The highest BCUT2D eigenvalue weighted by Crippen LogP contribution is 2.63. The molecule has 0 saturated carbocycles. The van der Waals surface area contributed by atoms with Crippen LogP contribution in [0.2, 0.25) is 0 Å². The molecule has 7 aromatic carbocycles. The number of fused-ring (bicyclic) bond motifs is 13. The fourth-order valence-corrected chi connectivity index (χ4v) is 8.47. The van der Waals surface area contributed by atoms with E-state index >= 15 is 0 Å². The quantitative estimate of drug-likeness (QED) is 0.194. The normalized spacial score (nSPS) is 13.6. The van der Waals surface area contributed by atoms with Gasteiger partial charge in [0.05, 0.1) is 10.9 Å². The molecule has 210 valence electrons. The van der Waals surface area contributed by atoms with Gasteiger partial charge >= 0.3 is 0 Å². The van der Waals surface area contributed by atoms with Gasteiger partial charge in [-0.25, -0.2) is 0 Å². The van der Waals surface area contributed by atoms with Crippen molar-refractivity contribution in [3.63, 3.8) is 0 Å². The molecule has 0 aliphatic heterocycles. The number of aromatic nitrogens is 1. The average molecular weight is 572 g/mol. The Bertz CT molecular complexity index is 2450. The molecule has 1 nitrogen and oxygen atoms in total. The maximum atomic E-state index is 2.51. The van der Waals surface area contributed by atoms with Gasteiger partial charge in [-0.15, -0.1) is 0 Å². The lowest BCUT2D eigenvalue weighted by Gasteiger charge is -2.31. The van der Waals surface area contributed by atoms with Gasteiger partial charge in [-0.1, -0.05) is 127 Å². The smallest absolute Gasteiger partial charge is 0.0725 e. The summed E-state index contributed by atoms with van der Waals surface area (Å²) < 4.78 is 2.32. The Morgan fingerprint density at radius 2 is 1.04 bits per heavy atom. The molecular formula is C44H29N. The van der Waals surface area contributed by atoms with Crippen LogP contribution in [0.5, 0.6) is 0 Å². The van der Waals surface area contributed by atoms with E-state index in [0.717, 1.165) is 0 Å². The maximum Gasteiger partial charge on any atom is 0.0725 e. The summed E-state index contributed by atoms with van der Waals surface area (Å²) in [5.41, 5.74) is 16.8. The van der Waals surface area contributed by atoms with Gasteiger partial charge in [0, 0.05) is 22.7 Å². The molecule has 0 fully saturated rings. The van der Waals surface area contributed by atoms with E-state index in [1.807, 2.05) is 0 Å². The molecule has 2 aliphatic carbocycles. The molecule has 1 aromatic heterocycles. The number of aryl methyl sites for hydroxylation is 1. The average Bonchev–Trinajstić information content (AvgIpc) is 3.75. The highest BCUT2D eigenvalue weighted by Gasteiger charge is 2.51. The molecule has 0 amide bonds. The van der Waals surface area contributed by atoms with Crippen molar-refractivity contribution in [1.82, 2.24) is 4.57 Å². The third-order valence-electron chi connectivity index (χ3n) is 10.3. The van der Waals surface area contributed by atoms with E-state index < -0.39 is 0 Å². The molecule has 0 radical (unpaired) electrons. The fourth-order valence-electron chi connectivity index (χ4n) is 8.47. The minimum absolute atomic E-state index is 0.351. The van der Waals surface area contributed by atoms with Crippen molar-refractivity contribution in [2.75, 3.05) is 0 Å². The zero-order chi connectivity index (χ0) is 29.7. The van der Waals surface area contributed by atoms with E-state index in [1.54, 1.807) is 0 Å². The van der Waals surface area contributed by atoms with Crippen molar-refractivity contribution in [1.29, 1.82) is 0 Å². The van der Waals surface area contributed by atoms with Crippen LogP contribution in [0.1, 0.15) is 27.8 Å². The zero-order valence-electron chi connectivity index (χ0n) is 25.0. The number of hydrogen-bond donors (Lipinski definition) is 0. The molecule has 1 heteroatoms. The summed E-state index contributed by atoms with van der Waals surface area (Å²) >= 11 is 0. The number of benzene rings is 7. The van der Waals surface area contributed by atoms with Crippen LogP contribution in [-0.4, -0.2) is 4.57 Å². The lowest BCUT2D eigenvalue weighted by Crippen LogP contribution is -2.26. The molecule has 0 saturated heterocycles. The summed E-state index contributed by atoms with van der Waals surface area (Å²) in [6.45, 7) is 2.22. The second-order valence-corrected chi connectivity index (χ2v) is 12.6. The Balaban J connectivity index is 1.28. The van der Waals surface area contributed by atoms with Crippen molar-refractivity contribution in [2.24, 2.45) is 0 Å². The number of nitrogens with zero attached hydrogens (tertiary/aromatic N) is 1. The first kappa shape index (κ1) is 24.7. The van der Waals surface area contributed by atoms with E-state index in [9.17, 15) is 0 Å². The second kappa shape index (κ2) is 8.94. The summed E-state index contributed by atoms with van der Waals surface area (Å²) in [5.74, 6) is 0. The van der Waals surface area contributed by atoms with Crippen LogP contribution < -0.4 is 0 Å². The van der Waals surface area contributed by atoms with Gasteiger partial charge in [-0.2, -0.15) is 0 Å². The summed E-state index contributed by atoms with van der Waals surface area (Å²) in [5, 5.41) is 3.79. The summed E-state index contributed by atoms with van der Waals surface area (Å²) in [6, 6.07) is 56.6. The third kappa shape index (κ3) is 3.17. The molecule has 8 aromatic rings. The molecule has 0 unspecified atom stereocenters. The fraction of sp³-hybridized carbons (Fsp3) is 0.0455. The topological polar surface area (TPSA) is 4.93 Å². The predicted octanol–water partition coefficient (Wildman–Crippen LogP) is 11.1. The van der Waals surface area contributed by atoms with Gasteiger partial charge in [0.1, 0.15) is 0 Å². The van der Waals surface area contributed by atoms with Crippen molar-refractivity contribution in [3.05, 3.63) is 186 Å². The maximum absolute atomic E-state index is 2.51. The van der Waals surface area contributed by atoms with Crippen molar-refractivity contribution >= 4 is 21.7 Å². The first-order valence-electron chi connectivity index (χ1n) is 15.8. The standard InChI is InChI=1S/C44H29N/c1-28-19-21-35-36-22-20-29(27-42(36)44(41(35)25-28)39-17-9-7-14-33(39)34-15-8-10-18-40(34)44)38-26-30-23-24-45(31-11-3-2-4-12-31)43(30)37-16-6-5-13-32(37)38/h2-27H,1H3. The van der Waals surface area contributed by atoms with Crippen molar-refractivity contribution in [3.8, 4) is 39.1 Å². The van der Waals surface area contributed by atoms with E-state index in [4.69, 9.17) is 0 Å². The highest BCUT2D eigenvalue weighted by atomic mass is 15.0. The summed E-state index contributed by atoms with van der Waals surface area (Å²) in [6.07, 6.45) is 2.21. The van der Waals surface area contributed by atoms with Crippen LogP contribution in [-0.2, 0) is 5.41 Å². The van der Waals surface area contributed by atoms with E-state index in [-0.39, 0.29) is 5.41 Å². The van der Waals surface area contributed by atoms with Crippen LogP contribution in [0.25, 0.3) is 60.7 Å². The Hall–Kier alpha value is -5.66. The number of para-hydroxylation sites is 1.